The first-order valence-electron chi connectivity index (χ1n) is 2.48. The number of nitrogen functional groups attached to an aromatic ring is 2. The fourth-order valence-corrected chi connectivity index (χ4v) is 0.975. The van der Waals surface area contributed by atoms with Gasteiger partial charge in [-0.15, -0.1) is 0 Å². The number of nitrogens with zero attached hydrogens (tertiary/aromatic N) is 1. The van der Waals surface area contributed by atoms with Crippen LogP contribution in [0.3, 0.4) is 0 Å². The zero-order valence-corrected chi connectivity index (χ0v) is 7.28. The van der Waals surface area contributed by atoms with Crippen LogP contribution in [0, 0.1) is 0 Å². The molecule has 0 bridgehead atoms. The Balaban J connectivity index is 3.28. The molecule has 54 valence electrons. The Bertz CT molecular complexity index is 213. The van der Waals surface area contributed by atoms with Crippen molar-refractivity contribution in [2.75, 3.05) is 11.5 Å². The number of hydrogen-bond acceptors (Lipinski definition) is 3. The van der Waals surface area contributed by atoms with Crippen molar-refractivity contribution >= 4 is 39.0 Å². The molecule has 0 aliphatic rings. The smallest absolute Gasteiger partial charge is 0.148 e. The lowest BCUT2D eigenvalue weighted by Crippen LogP contribution is -1.97. The highest BCUT2D eigenvalue weighted by Crippen LogP contribution is 2.25. The Kier molecular flexibility index (Phi) is 2.01. The zero-order valence-electron chi connectivity index (χ0n) is 4.94. The minimum atomic E-state index is 0.258. The maximum atomic E-state index is 5.59. The largest absolute Gasteiger partial charge is 0.396 e. The molecule has 0 unspecified atom stereocenters. The average molecular weight is 222 g/mol. The summed E-state index contributed by atoms with van der Waals surface area (Å²) in [6, 6.07) is 1.62. The number of hydrogen-bond donors (Lipinski definition) is 2. The topological polar surface area (TPSA) is 64.9 Å². The quantitative estimate of drug-likeness (QED) is 0.656. The van der Waals surface area contributed by atoms with Crippen molar-refractivity contribution < 1.29 is 0 Å². The maximum absolute atomic E-state index is 5.59. The molecule has 1 heterocycles. The van der Waals surface area contributed by atoms with Crippen LogP contribution in [0.2, 0.25) is 5.15 Å². The van der Waals surface area contributed by atoms with E-state index in [2.05, 4.69) is 20.9 Å². The van der Waals surface area contributed by atoms with Crippen molar-refractivity contribution in [1.82, 2.24) is 4.98 Å². The molecule has 0 radical (unpaired) electrons. The SMILES string of the molecule is Nc1cc(Br)c(Cl)nc1N. The van der Waals surface area contributed by atoms with Gasteiger partial charge in [0.05, 0.1) is 10.2 Å². The highest BCUT2D eigenvalue weighted by molar-refractivity contribution is 9.10. The van der Waals surface area contributed by atoms with Crippen LogP contribution in [-0.2, 0) is 0 Å². The molecule has 5 heteroatoms. The fraction of sp³-hybridized carbons (Fsp3) is 0. The first kappa shape index (κ1) is 7.63. The summed E-state index contributed by atoms with van der Waals surface area (Å²) in [5.74, 6) is 0.258. The normalized spacial score (nSPS) is 9.80. The first-order chi connectivity index (χ1) is 4.61. The molecule has 10 heavy (non-hydrogen) atoms. The molecule has 0 aliphatic carbocycles. The lowest BCUT2D eigenvalue weighted by molar-refractivity contribution is 1.32. The lowest BCUT2D eigenvalue weighted by Gasteiger charge is -1.99. The van der Waals surface area contributed by atoms with Gasteiger partial charge in [0.15, 0.2) is 0 Å². The molecular weight excluding hydrogens is 217 g/mol. The van der Waals surface area contributed by atoms with Gasteiger partial charge in [0.25, 0.3) is 0 Å². The molecule has 0 spiro atoms. The second kappa shape index (κ2) is 2.64. The Morgan fingerprint density at radius 1 is 1.50 bits per heavy atom. The highest BCUT2D eigenvalue weighted by atomic mass is 79.9. The molecular formula is C5H5BrClN3. The van der Waals surface area contributed by atoms with Gasteiger partial charge in [0.2, 0.25) is 0 Å². The molecule has 0 fully saturated rings. The number of aromatic nitrogens is 1. The third kappa shape index (κ3) is 1.33. The van der Waals surface area contributed by atoms with E-state index in [1.807, 2.05) is 0 Å². The standard InChI is InChI=1S/C5H5BrClN3/c6-2-1-3(8)5(9)10-4(2)7/h1H,8H2,(H2,9,10). The van der Waals surface area contributed by atoms with Crippen molar-refractivity contribution in [2.45, 2.75) is 0 Å². The van der Waals surface area contributed by atoms with E-state index >= 15 is 0 Å². The van der Waals surface area contributed by atoms with E-state index in [0.717, 1.165) is 0 Å². The minimum absolute atomic E-state index is 0.258. The molecule has 0 amide bonds. The molecule has 0 atom stereocenters. The molecule has 0 aliphatic heterocycles. The molecule has 0 aromatic carbocycles. The van der Waals surface area contributed by atoms with Gasteiger partial charge in [-0.25, -0.2) is 4.98 Å². The summed E-state index contributed by atoms with van der Waals surface area (Å²) < 4.78 is 0.654. The van der Waals surface area contributed by atoms with E-state index in [0.29, 0.717) is 15.3 Å². The first-order valence-corrected chi connectivity index (χ1v) is 3.65. The third-order valence-electron chi connectivity index (χ3n) is 0.994. The van der Waals surface area contributed by atoms with Crippen LogP contribution in [0.4, 0.5) is 11.5 Å². The monoisotopic (exact) mass is 221 g/mol. The van der Waals surface area contributed by atoms with Gasteiger partial charge in [-0.3, -0.25) is 0 Å². The molecule has 3 nitrogen and oxygen atoms in total. The van der Waals surface area contributed by atoms with Crippen molar-refractivity contribution in [2.24, 2.45) is 0 Å². The van der Waals surface area contributed by atoms with Crippen molar-refractivity contribution in [3.05, 3.63) is 15.7 Å². The van der Waals surface area contributed by atoms with Crippen LogP contribution < -0.4 is 11.5 Å². The summed E-state index contributed by atoms with van der Waals surface area (Å²) >= 11 is 8.74. The number of anilines is 2. The summed E-state index contributed by atoms with van der Waals surface area (Å²) in [5.41, 5.74) is 11.2. The number of rotatable bonds is 0. The van der Waals surface area contributed by atoms with Gasteiger partial charge in [0, 0.05) is 0 Å². The predicted octanol–water partition coefficient (Wildman–Crippen LogP) is 1.66. The van der Waals surface area contributed by atoms with Gasteiger partial charge in [-0.05, 0) is 22.0 Å². The second-order valence-electron chi connectivity index (χ2n) is 1.74. The maximum Gasteiger partial charge on any atom is 0.148 e. The van der Waals surface area contributed by atoms with Crippen molar-refractivity contribution in [1.29, 1.82) is 0 Å². The Labute approximate surface area is 71.5 Å². The Morgan fingerprint density at radius 2 is 2.10 bits per heavy atom. The highest BCUT2D eigenvalue weighted by Gasteiger charge is 2.01. The van der Waals surface area contributed by atoms with Crippen LogP contribution >= 0.6 is 27.5 Å². The summed E-state index contributed by atoms with van der Waals surface area (Å²) in [5, 5.41) is 0.326. The summed E-state index contributed by atoms with van der Waals surface area (Å²) in [6.07, 6.45) is 0. The third-order valence-corrected chi connectivity index (χ3v) is 2.11. The lowest BCUT2D eigenvalue weighted by atomic mass is 10.4. The van der Waals surface area contributed by atoms with E-state index in [4.69, 9.17) is 23.1 Å². The summed E-state index contributed by atoms with van der Waals surface area (Å²) in [7, 11) is 0. The predicted molar refractivity (Wildman–Crippen MR) is 45.8 cm³/mol. The van der Waals surface area contributed by atoms with Crippen LogP contribution in [0.25, 0.3) is 0 Å². The fourth-order valence-electron chi connectivity index (χ4n) is 0.494. The summed E-state index contributed by atoms with van der Waals surface area (Å²) in [6.45, 7) is 0. The van der Waals surface area contributed by atoms with Gasteiger partial charge in [-0.2, -0.15) is 0 Å². The van der Waals surface area contributed by atoms with Crippen LogP contribution in [0.1, 0.15) is 0 Å². The molecule has 0 saturated carbocycles. The van der Waals surface area contributed by atoms with Crippen molar-refractivity contribution in [3.63, 3.8) is 0 Å². The van der Waals surface area contributed by atoms with Gasteiger partial charge in [-0.1, -0.05) is 11.6 Å². The van der Waals surface area contributed by atoms with E-state index in [9.17, 15) is 0 Å². The van der Waals surface area contributed by atoms with E-state index in [-0.39, 0.29) is 5.82 Å². The zero-order chi connectivity index (χ0) is 7.72. The Hall–Kier alpha value is -0.480. The molecule has 1 aromatic rings. The number of nitrogens with two attached hydrogens (primary N) is 2. The van der Waals surface area contributed by atoms with Gasteiger partial charge >= 0.3 is 0 Å². The molecule has 1 aromatic heterocycles. The minimum Gasteiger partial charge on any atom is -0.396 e. The van der Waals surface area contributed by atoms with E-state index in [1.165, 1.54) is 0 Å². The van der Waals surface area contributed by atoms with Crippen molar-refractivity contribution in [3.8, 4) is 0 Å². The van der Waals surface area contributed by atoms with Crippen LogP contribution in [-0.4, -0.2) is 4.98 Å². The molecule has 0 saturated heterocycles. The molecule has 1 rings (SSSR count). The van der Waals surface area contributed by atoms with Gasteiger partial charge < -0.3 is 11.5 Å². The van der Waals surface area contributed by atoms with E-state index in [1.54, 1.807) is 6.07 Å². The van der Waals surface area contributed by atoms with Gasteiger partial charge in [0.1, 0.15) is 11.0 Å². The number of halogens is 2. The second-order valence-corrected chi connectivity index (χ2v) is 2.95. The summed E-state index contributed by atoms with van der Waals surface area (Å²) in [4.78, 5) is 3.74. The van der Waals surface area contributed by atoms with Crippen LogP contribution in [0.15, 0.2) is 10.5 Å². The Morgan fingerprint density at radius 3 is 2.60 bits per heavy atom. The molecule has 4 N–H and O–H groups in total. The van der Waals surface area contributed by atoms with E-state index < -0.39 is 0 Å². The average Bonchev–Trinajstić information content (AvgIpc) is 1.84. The van der Waals surface area contributed by atoms with Crippen LogP contribution in [0.5, 0.6) is 0 Å². The number of pyridine rings is 1.